The molecule has 0 aromatic carbocycles. The van der Waals surface area contributed by atoms with Gasteiger partial charge in [0.25, 0.3) is 0 Å². The third kappa shape index (κ3) is 1.81. The van der Waals surface area contributed by atoms with E-state index in [4.69, 9.17) is 0 Å². The Morgan fingerprint density at radius 2 is 2.07 bits per heavy atom. The number of carboxylic acid groups (broad SMARTS) is 1. The first-order valence-electron chi connectivity index (χ1n) is 5.77. The van der Waals surface area contributed by atoms with E-state index in [1.165, 1.54) is 6.42 Å². The van der Waals surface area contributed by atoms with Gasteiger partial charge in [0, 0.05) is 19.1 Å². The van der Waals surface area contributed by atoms with Crippen LogP contribution in [0, 0.1) is 5.41 Å². The smallest absolute Gasteiger partial charge is 0.310 e. The predicted molar refractivity (Wildman–Crippen MR) is 58.7 cm³/mol. The Morgan fingerprint density at radius 3 is 2.67 bits per heavy atom. The van der Waals surface area contributed by atoms with Crippen LogP contribution >= 0.6 is 0 Å². The van der Waals surface area contributed by atoms with Crippen LogP contribution in [-0.4, -0.2) is 35.1 Å². The topological polar surface area (TPSA) is 40.5 Å². The molecule has 1 N–H and O–H groups in total. The number of hydrogen-bond acceptors (Lipinski definition) is 2. The number of carbonyl (C=O) groups is 1. The summed E-state index contributed by atoms with van der Waals surface area (Å²) in [6, 6.07) is 0.221. The van der Waals surface area contributed by atoms with Gasteiger partial charge in [0.1, 0.15) is 0 Å². The highest BCUT2D eigenvalue weighted by atomic mass is 16.4. The zero-order valence-corrected chi connectivity index (χ0v) is 9.28. The largest absolute Gasteiger partial charge is 0.481 e. The fourth-order valence-electron chi connectivity index (χ4n) is 2.90. The highest BCUT2D eigenvalue weighted by molar-refractivity contribution is 5.75. The van der Waals surface area contributed by atoms with Crippen LogP contribution in [0.3, 0.4) is 0 Å². The van der Waals surface area contributed by atoms with Crippen LogP contribution in [0.4, 0.5) is 0 Å². The van der Waals surface area contributed by atoms with Crippen LogP contribution in [0.1, 0.15) is 32.6 Å². The summed E-state index contributed by atoms with van der Waals surface area (Å²) in [6.07, 6.45) is 8.35. The maximum Gasteiger partial charge on any atom is 0.310 e. The van der Waals surface area contributed by atoms with Gasteiger partial charge < -0.3 is 5.11 Å². The summed E-state index contributed by atoms with van der Waals surface area (Å²) in [6.45, 7) is 3.76. The van der Waals surface area contributed by atoms with Crippen molar-refractivity contribution in [1.29, 1.82) is 0 Å². The number of hydrogen-bond donors (Lipinski definition) is 1. The molecule has 15 heavy (non-hydrogen) atoms. The molecule has 1 heterocycles. The molecule has 2 aliphatic rings. The third-order valence-electron chi connectivity index (χ3n) is 3.93. The Hall–Kier alpha value is -0.830. The number of nitrogens with zero attached hydrogens (tertiary/aromatic N) is 1. The molecular formula is C12H19NO2. The van der Waals surface area contributed by atoms with E-state index in [1.807, 2.05) is 6.92 Å². The van der Waals surface area contributed by atoms with Crippen molar-refractivity contribution in [3.05, 3.63) is 12.2 Å². The molecular weight excluding hydrogens is 190 g/mol. The molecule has 1 aliphatic carbocycles. The van der Waals surface area contributed by atoms with E-state index in [1.54, 1.807) is 0 Å². The van der Waals surface area contributed by atoms with Gasteiger partial charge in [0.2, 0.25) is 0 Å². The molecule has 2 unspecified atom stereocenters. The molecule has 0 spiro atoms. The van der Waals surface area contributed by atoms with E-state index in [9.17, 15) is 9.90 Å². The van der Waals surface area contributed by atoms with E-state index in [-0.39, 0.29) is 6.04 Å². The normalized spacial score (nSPS) is 37.0. The summed E-state index contributed by atoms with van der Waals surface area (Å²) in [5.41, 5.74) is -0.537. The average Bonchev–Trinajstić information content (AvgIpc) is 2.71. The summed E-state index contributed by atoms with van der Waals surface area (Å²) in [4.78, 5) is 13.7. The van der Waals surface area contributed by atoms with Gasteiger partial charge in [-0.2, -0.15) is 0 Å². The number of aliphatic carboxylic acids is 1. The van der Waals surface area contributed by atoms with Crippen LogP contribution in [0.25, 0.3) is 0 Å². The van der Waals surface area contributed by atoms with Crippen LogP contribution in [0.2, 0.25) is 0 Å². The molecule has 1 saturated carbocycles. The molecule has 1 aliphatic heterocycles. The quantitative estimate of drug-likeness (QED) is 0.706. The zero-order chi connectivity index (χ0) is 10.9. The molecule has 84 valence electrons. The Morgan fingerprint density at radius 1 is 1.40 bits per heavy atom. The van der Waals surface area contributed by atoms with Crippen LogP contribution in [0.15, 0.2) is 12.2 Å². The van der Waals surface area contributed by atoms with Crippen molar-refractivity contribution in [1.82, 2.24) is 4.90 Å². The van der Waals surface area contributed by atoms with Crippen molar-refractivity contribution in [2.75, 3.05) is 13.1 Å². The van der Waals surface area contributed by atoms with E-state index < -0.39 is 11.4 Å². The zero-order valence-electron chi connectivity index (χ0n) is 9.28. The van der Waals surface area contributed by atoms with Crippen LogP contribution in [-0.2, 0) is 4.79 Å². The van der Waals surface area contributed by atoms with E-state index in [0.29, 0.717) is 0 Å². The summed E-state index contributed by atoms with van der Waals surface area (Å²) in [5, 5.41) is 9.38. The molecule has 2 atom stereocenters. The minimum atomic E-state index is -0.626. The van der Waals surface area contributed by atoms with Gasteiger partial charge >= 0.3 is 5.97 Å². The van der Waals surface area contributed by atoms with Crippen molar-refractivity contribution in [2.24, 2.45) is 5.41 Å². The lowest BCUT2D eigenvalue weighted by molar-refractivity contribution is -0.154. The van der Waals surface area contributed by atoms with Gasteiger partial charge in [-0.3, -0.25) is 9.69 Å². The van der Waals surface area contributed by atoms with Crippen molar-refractivity contribution < 1.29 is 9.90 Å². The van der Waals surface area contributed by atoms with Crippen LogP contribution < -0.4 is 0 Å². The van der Waals surface area contributed by atoms with Gasteiger partial charge in [-0.1, -0.05) is 25.0 Å². The highest BCUT2D eigenvalue weighted by Gasteiger charge is 2.45. The molecule has 0 radical (unpaired) electrons. The van der Waals surface area contributed by atoms with E-state index in [2.05, 4.69) is 17.1 Å². The molecule has 0 amide bonds. The Kier molecular flexibility index (Phi) is 2.83. The summed E-state index contributed by atoms with van der Waals surface area (Å²) < 4.78 is 0. The summed E-state index contributed by atoms with van der Waals surface area (Å²) in [7, 11) is 0. The third-order valence-corrected chi connectivity index (χ3v) is 3.93. The lowest BCUT2D eigenvalue weighted by Gasteiger charge is -2.43. The first kappa shape index (κ1) is 10.7. The molecule has 3 nitrogen and oxygen atoms in total. The molecule has 0 aromatic rings. The van der Waals surface area contributed by atoms with Gasteiger partial charge in [0.15, 0.2) is 0 Å². The summed E-state index contributed by atoms with van der Waals surface area (Å²) >= 11 is 0. The van der Waals surface area contributed by atoms with Gasteiger partial charge in [-0.05, 0) is 19.8 Å². The summed E-state index contributed by atoms with van der Waals surface area (Å²) in [5.74, 6) is -0.626. The number of carboxylic acids is 1. The van der Waals surface area contributed by atoms with Gasteiger partial charge in [0.05, 0.1) is 5.41 Å². The minimum Gasteiger partial charge on any atom is -0.481 e. The molecule has 0 bridgehead atoms. The Balaban J connectivity index is 2.15. The standard InChI is InChI=1S/C12H19NO2/c1-12(11(14)15)7-3-2-6-10(12)13-8-4-5-9-13/h4-5,10H,2-3,6-9H2,1H3,(H,14,15). The monoisotopic (exact) mass is 209 g/mol. The first-order chi connectivity index (χ1) is 7.14. The van der Waals surface area contributed by atoms with Crippen molar-refractivity contribution >= 4 is 5.97 Å². The average molecular weight is 209 g/mol. The van der Waals surface area contributed by atoms with Crippen molar-refractivity contribution in [2.45, 2.75) is 38.6 Å². The minimum absolute atomic E-state index is 0.221. The van der Waals surface area contributed by atoms with Gasteiger partial charge in [-0.15, -0.1) is 0 Å². The Bertz CT molecular complexity index is 279. The van der Waals surface area contributed by atoms with E-state index >= 15 is 0 Å². The fraction of sp³-hybridized carbons (Fsp3) is 0.750. The van der Waals surface area contributed by atoms with Crippen molar-refractivity contribution in [3.63, 3.8) is 0 Å². The molecule has 0 saturated heterocycles. The number of rotatable bonds is 2. The van der Waals surface area contributed by atoms with Gasteiger partial charge in [-0.25, -0.2) is 0 Å². The molecule has 3 heteroatoms. The molecule has 0 aromatic heterocycles. The van der Waals surface area contributed by atoms with E-state index in [0.717, 1.165) is 32.4 Å². The maximum atomic E-state index is 11.4. The van der Waals surface area contributed by atoms with Crippen LogP contribution in [0.5, 0.6) is 0 Å². The maximum absolute atomic E-state index is 11.4. The highest BCUT2D eigenvalue weighted by Crippen LogP contribution is 2.39. The molecule has 1 fully saturated rings. The fourth-order valence-corrected chi connectivity index (χ4v) is 2.90. The lowest BCUT2D eigenvalue weighted by atomic mass is 9.71. The second kappa shape index (κ2) is 3.97. The molecule has 2 rings (SSSR count). The predicted octanol–water partition coefficient (Wildman–Crippen LogP) is 1.89. The Labute approximate surface area is 90.8 Å². The second-order valence-electron chi connectivity index (χ2n) is 4.91. The first-order valence-corrected chi connectivity index (χ1v) is 5.77. The van der Waals surface area contributed by atoms with Crippen molar-refractivity contribution in [3.8, 4) is 0 Å². The second-order valence-corrected chi connectivity index (χ2v) is 4.91. The SMILES string of the molecule is CC1(C(=O)O)CCCCC1N1CC=CC1. The lowest BCUT2D eigenvalue weighted by Crippen LogP contribution is -2.51.